The van der Waals surface area contributed by atoms with Crippen LogP contribution in [0, 0.1) is 29.1 Å². The van der Waals surface area contributed by atoms with Crippen LogP contribution in [0.1, 0.15) is 39.5 Å². The summed E-state index contributed by atoms with van der Waals surface area (Å²) in [5.74, 6) is 4.12. The molecule has 0 aromatic rings. The van der Waals surface area contributed by atoms with E-state index in [1.165, 1.54) is 25.7 Å². The van der Waals surface area contributed by atoms with E-state index in [2.05, 4.69) is 13.8 Å². The smallest absolute Gasteiger partial charge is 0.0875 e. The highest BCUT2D eigenvalue weighted by Gasteiger charge is 2.64. The van der Waals surface area contributed by atoms with Crippen LogP contribution in [0.2, 0.25) is 0 Å². The minimum atomic E-state index is 0.627. The van der Waals surface area contributed by atoms with Crippen LogP contribution in [-0.2, 0) is 4.74 Å². The molecular formula is C13H20O. The second-order valence-corrected chi connectivity index (χ2v) is 6.94. The fourth-order valence-corrected chi connectivity index (χ4v) is 5.16. The average molecular weight is 192 g/mol. The minimum absolute atomic E-state index is 0.627. The molecule has 1 heterocycles. The zero-order valence-electron chi connectivity index (χ0n) is 9.20. The molecule has 6 unspecified atom stereocenters. The molecule has 4 aliphatic rings. The summed E-state index contributed by atoms with van der Waals surface area (Å²) >= 11 is 0. The van der Waals surface area contributed by atoms with E-state index in [1.54, 1.807) is 0 Å². The van der Waals surface area contributed by atoms with E-state index in [1.807, 2.05) is 0 Å². The van der Waals surface area contributed by atoms with Gasteiger partial charge in [0.25, 0.3) is 0 Å². The summed E-state index contributed by atoms with van der Waals surface area (Å²) in [6.07, 6.45) is 7.32. The standard InChI is InChI=1S/C13H20O/c1-13(2)5-7-3-8(6-13)11-9(7)4-10-12(11)14-10/h7-12H,3-6H2,1-2H3. The van der Waals surface area contributed by atoms with Gasteiger partial charge in [0.05, 0.1) is 12.2 Å². The Morgan fingerprint density at radius 3 is 2.71 bits per heavy atom. The molecule has 0 aromatic carbocycles. The molecule has 1 saturated heterocycles. The Hall–Kier alpha value is -0.0400. The quantitative estimate of drug-likeness (QED) is 0.538. The van der Waals surface area contributed by atoms with Crippen molar-refractivity contribution in [2.75, 3.05) is 0 Å². The van der Waals surface area contributed by atoms with E-state index in [0.29, 0.717) is 17.6 Å². The van der Waals surface area contributed by atoms with Crippen molar-refractivity contribution in [3.8, 4) is 0 Å². The largest absolute Gasteiger partial charge is 0.369 e. The third kappa shape index (κ3) is 0.900. The highest BCUT2D eigenvalue weighted by molar-refractivity contribution is 5.12. The molecule has 14 heavy (non-hydrogen) atoms. The molecule has 4 fully saturated rings. The number of hydrogen-bond acceptors (Lipinski definition) is 1. The van der Waals surface area contributed by atoms with Gasteiger partial charge in [-0.3, -0.25) is 0 Å². The Labute approximate surface area is 86.2 Å². The summed E-state index contributed by atoms with van der Waals surface area (Å²) in [6, 6.07) is 0. The van der Waals surface area contributed by atoms with Gasteiger partial charge in [0, 0.05) is 0 Å². The van der Waals surface area contributed by atoms with E-state index in [0.717, 1.165) is 23.7 Å². The van der Waals surface area contributed by atoms with Gasteiger partial charge in [-0.05, 0) is 54.8 Å². The molecule has 1 nitrogen and oxygen atoms in total. The molecule has 6 atom stereocenters. The first-order valence-electron chi connectivity index (χ1n) is 6.29. The van der Waals surface area contributed by atoms with Crippen LogP contribution in [0.5, 0.6) is 0 Å². The van der Waals surface area contributed by atoms with Crippen molar-refractivity contribution in [3.63, 3.8) is 0 Å². The average Bonchev–Trinajstić information content (AvgIpc) is 2.65. The van der Waals surface area contributed by atoms with Crippen LogP contribution >= 0.6 is 0 Å². The Morgan fingerprint density at radius 1 is 1.07 bits per heavy atom. The van der Waals surface area contributed by atoms with E-state index in [4.69, 9.17) is 4.74 Å². The molecule has 1 aliphatic heterocycles. The summed E-state index contributed by atoms with van der Waals surface area (Å²) in [4.78, 5) is 0. The summed E-state index contributed by atoms with van der Waals surface area (Å²) in [6.45, 7) is 4.94. The Kier molecular flexibility index (Phi) is 1.29. The molecular weight excluding hydrogens is 172 g/mol. The van der Waals surface area contributed by atoms with Crippen LogP contribution in [0.3, 0.4) is 0 Å². The van der Waals surface area contributed by atoms with E-state index < -0.39 is 0 Å². The van der Waals surface area contributed by atoms with Crippen molar-refractivity contribution in [3.05, 3.63) is 0 Å². The summed E-state index contributed by atoms with van der Waals surface area (Å²) in [7, 11) is 0. The monoisotopic (exact) mass is 192 g/mol. The fraction of sp³-hybridized carbons (Fsp3) is 1.00. The number of fused-ring (bicyclic) bond motifs is 7. The molecule has 2 bridgehead atoms. The predicted molar refractivity (Wildman–Crippen MR) is 54.9 cm³/mol. The maximum atomic E-state index is 5.74. The summed E-state index contributed by atoms with van der Waals surface area (Å²) < 4.78 is 5.74. The molecule has 4 rings (SSSR count). The first kappa shape index (κ1) is 8.15. The molecule has 0 radical (unpaired) electrons. The molecule has 1 heteroatoms. The molecule has 0 aromatic heterocycles. The predicted octanol–water partition coefficient (Wildman–Crippen LogP) is 2.85. The van der Waals surface area contributed by atoms with Gasteiger partial charge in [0.2, 0.25) is 0 Å². The van der Waals surface area contributed by atoms with Gasteiger partial charge < -0.3 is 4.74 Å². The van der Waals surface area contributed by atoms with Crippen LogP contribution in [0.25, 0.3) is 0 Å². The van der Waals surface area contributed by atoms with Crippen molar-refractivity contribution in [2.24, 2.45) is 29.1 Å². The summed E-state index contributed by atoms with van der Waals surface area (Å²) in [5.41, 5.74) is 0.627. The van der Waals surface area contributed by atoms with Crippen molar-refractivity contribution < 1.29 is 4.74 Å². The van der Waals surface area contributed by atoms with Crippen molar-refractivity contribution >= 4 is 0 Å². The maximum absolute atomic E-state index is 5.74. The van der Waals surface area contributed by atoms with Crippen molar-refractivity contribution in [1.82, 2.24) is 0 Å². The lowest BCUT2D eigenvalue weighted by Gasteiger charge is -2.35. The Morgan fingerprint density at radius 2 is 1.86 bits per heavy atom. The number of epoxide rings is 1. The van der Waals surface area contributed by atoms with Crippen molar-refractivity contribution in [2.45, 2.75) is 51.7 Å². The van der Waals surface area contributed by atoms with Crippen molar-refractivity contribution in [1.29, 1.82) is 0 Å². The molecule has 0 N–H and O–H groups in total. The normalized spacial score (nSPS) is 62.1. The maximum Gasteiger partial charge on any atom is 0.0875 e. The van der Waals surface area contributed by atoms with E-state index >= 15 is 0 Å². The number of ether oxygens (including phenoxy) is 1. The Bertz CT molecular complexity index is 283. The first-order valence-corrected chi connectivity index (χ1v) is 6.29. The second-order valence-electron chi connectivity index (χ2n) is 6.94. The molecule has 3 aliphatic carbocycles. The van der Waals surface area contributed by atoms with Gasteiger partial charge >= 0.3 is 0 Å². The lowest BCUT2D eigenvalue weighted by atomic mass is 9.70. The molecule has 78 valence electrons. The van der Waals surface area contributed by atoms with Gasteiger partial charge in [0.15, 0.2) is 0 Å². The Balaban J connectivity index is 1.68. The van der Waals surface area contributed by atoms with Crippen LogP contribution < -0.4 is 0 Å². The van der Waals surface area contributed by atoms with Gasteiger partial charge in [-0.15, -0.1) is 0 Å². The first-order chi connectivity index (χ1) is 6.64. The van der Waals surface area contributed by atoms with E-state index in [9.17, 15) is 0 Å². The van der Waals surface area contributed by atoms with Gasteiger partial charge in [-0.25, -0.2) is 0 Å². The van der Waals surface area contributed by atoms with Gasteiger partial charge in [0.1, 0.15) is 0 Å². The number of hydrogen-bond donors (Lipinski definition) is 0. The summed E-state index contributed by atoms with van der Waals surface area (Å²) in [5, 5.41) is 0. The van der Waals surface area contributed by atoms with Gasteiger partial charge in [-0.2, -0.15) is 0 Å². The zero-order valence-corrected chi connectivity index (χ0v) is 9.20. The van der Waals surface area contributed by atoms with Crippen LogP contribution in [-0.4, -0.2) is 12.2 Å². The zero-order chi connectivity index (χ0) is 9.50. The lowest BCUT2D eigenvalue weighted by Crippen LogP contribution is -2.25. The number of rotatable bonds is 0. The van der Waals surface area contributed by atoms with Crippen LogP contribution in [0.15, 0.2) is 0 Å². The highest BCUT2D eigenvalue weighted by Crippen LogP contribution is 2.65. The lowest BCUT2D eigenvalue weighted by molar-refractivity contribution is 0.155. The topological polar surface area (TPSA) is 12.5 Å². The van der Waals surface area contributed by atoms with Gasteiger partial charge in [-0.1, -0.05) is 13.8 Å². The molecule has 3 saturated carbocycles. The fourth-order valence-electron chi connectivity index (χ4n) is 5.16. The SMILES string of the molecule is CC1(C)CC2CC(C1)C1C2CC2OC21. The second kappa shape index (κ2) is 2.21. The third-order valence-electron chi connectivity index (χ3n) is 5.38. The molecule has 0 spiro atoms. The molecule has 0 amide bonds. The third-order valence-corrected chi connectivity index (χ3v) is 5.38. The van der Waals surface area contributed by atoms with Crippen LogP contribution in [0.4, 0.5) is 0 Å². The van der Waals surface area contributed by atoms with E-state index in [-0.39, 0.29) is 0 Å². The highest BCUT2D eigenvalue weighted by atomic mass is 16.6. The minimum Gasteiger partial charge on any atom is -0.369 e.